The van der Waals surface area contributed by atoms with Gasteiger partial charge in [-0.2, -0.15) is 0 Å². The standard InChI is InChI=1S/C17H34O2/c1-5-7-9-11-17(19,12-10-8-6-2)16(13-14-16)15(3,4)18/h18-19H,5-14H2,1-4H3. The van der Waals surface area contributed by atoms with E-state index in [4.69, 9.17) is 0 Å². The van der Waals surface area contributed by atoms with E-state index in [0.717, 1.165) is 38.5 Å². The van der Waals surface area contributed by atoms with Crippen LogP contribution in [0.25, 0.3) is 0 Å². The molecular formula is C17H34O2. The maximum absolute atomic E-state index is 11.2. The molecule has 114 valence electrons. The highest BCUT2D eigenvalue weighted by Gasteiger charge is 2.65. The van der Waals surface area contributed by atoms with Gasteiger partial charge in [0.15, 0.2) is 0 Å². The highest BCUT2D eigenvalue weighted by molar-refractivity contribution is 5.15. The molecule has 1 rings (SSSR count). The predicted octanol–water partition coefficient (Wildman–Crippen LogP) is 4.43. The molecule has 1 aliphatic carbocycles. The lowest BCUT2D eigenvalue weighted by molar-refractivity contribution is -0.137. The summed E-state index contributed by atoms with van der Waals surface area (Å²) in [5, 5.41) is 21.7. The smallest absolute Gasteiger partial charge is 0.0731 e. The van der Waals surface area contributed by atoms with Gasteiger partial charge in [0.1, 0.15) is 0 Å². The van der Waals surface area contributed by atoms with Crippen LogP contribution < -0.4 is 0 Å². The summed E-state index contributed by atoms with van der Waals surface area (Å²) in [4.78, 5) is 0. The zero-order chi connectivity index (χ0) is 14.6. The second kappa shape index (κ2) is 6.58. The topological polar surface area (TPSA) is 40.5 Å². The molecule has 0 radical (unpaired) electrons. The average molecular weight is 270 g/mol. The van der Waals surface area contributed by atoms with Crippen molar-refractivity contribution in [1.82, 2.24) is 0 Å². The summed E-state index contributed by atoms with van der Waals surface area (Å²) in [6, 6.07) is 0. The zero-order valence-corrected chi connectivity index (χ0v) is 13.5. The van der Waals surface area contributed by atoms with Crippen LogP contribution in [-0.4, -0.2) is 21.4 Å². The maximum Gasteiger partial charge on any atom is 0.0731 e. The number of hydrogen-bond donors (Lipinski definition) is 2. The van der Waals surface area contributed by atoms with Gasteiger partial charge in [-0.05, 0) is 39.5 Å². The third-order valence-corrected chi connectivity index (χ3v) is 5.20. The molecule has 19 heavy (non-hydrogen) atoms. The van der Waals surface area contributed by atoms with Gasteiger partial charge in [0.25, 0.3) is 0 Å². The van der Waals surface area contributed by atoms with Crippen LogP contribution in [0.3, 0.4) is 0 Å². The molecule has 0 saturated heterocycles. The monoisotopic (exact) mass is 270 g/mol. The van der Waals surface area contributed by atoms with E-state index in [0.29, 0.717) is 0 Å². The Hall–Kier alpha value is -0.0800. The molecule has 0 unspecified atom stereocenters. The van der Waals surface area contributed by atoms with E-state index in [1.165, 1.54) is 25.7 Å². The van der Waals surface area contributed by atoms with Gasteiger partial charge in [-0.15, -0.1) is 0 Å². The van der Waals surface area contributed by atoms with Gasteiger partial charge in [0, 0.05) is 5.41 Å². The summed E-state index contributed by atoms with van der Waals surface area (Å²) >= 11 is 0. The lowest BCUT2D eigenvalue weighted by Crippen LogP contribution is -2.51. The molecule has 1 fully saturated rings. The lowest BCUT2D eigenvalue weighted by Gasteiger charge is -2.44. The normalized spacial score (nSPS) is 18.6. The summed E-state index contributed by atoms with van der Waals surface area (Å²) in [6.45, 7) is 8.15. The number of aliphatic hydroxyl groups is 2. The van der Waals surface area contributed by atoms with Gasteiger partial charge < -0.3 is 10.2 Å². The van der Waals surface area contributed by atoms with Gasteiger partial charge in [0.2, 0.25) is 0 Å². The molecule has 0 atom stereocenters. The van der Waals surface area contributed by atoms with E-state index in [2.05, 4.69) is 13.8 Å². The number of hydrogen-bond acceptors (Lipinski definition) is 2. The highest BCUT2D eigenvalue weighted by Crippen LogP contribution is 2.63. The van der Waals surface area contributed by atoms with Gasteiger partial charge in [-0.25, -0.2) is 0 Å². The third-order valence-electron chi connectivity index (χ3n) is 5.20. The SMILES string of the molecule is CCCCCC(O)(CCCCC)C1(C(C)(C)O)CC1. The summed E-state index contributed by atoms with van der Waals surface area (Å²) in [7, 11) is 0. The van der Waals surface area contributed by atoms with Crippen molar-refractivity contribution in [3.63, 3.8) is 0 Å². The minimum atomic E-state index is -0.764. The minimum absolute atomic E-state index is 0.249. The van der Waals surface area contributed by atoms with Gasteiger partial charge in [-0.1, -0.05) is 52.4 Å². The molecule has 2 N–H and O–H groups in total. The quantitative estimate of drug-likeness (QED) is 0.577. The average Bonchev–Trinajstić information content (AvgIpc) is 3.10. The first-order valence-electron chi connectivity index (χ1n) is 8.28. The fraction of sp³-hybridized carbons (Fsp3) is 1.00. The highest BCUT2D eigenvalue weighted by atomic mass is 16.3. The summed E-state index contributed by atoms with van der Waals surface area (Å²) in [6.07, 6.45) is 10.5. The molecule has 0 aromatic rings. The predicted molar refractivity (Wildman–Crippen MR) is 81.2 cm³/mol. The Balaban J connectivity index is 2.73. The van der Waals surface area contributed by atoms with Crippen molar-refractivity contribution in [2.75, 3.05) is 0 Å². The van der Waals surface area contributed by atoms with Gasteiger partial charge in [0.05, 0.1) is 11.2 Å². The van der Waals surface area contributed by atoms with E-state index in [1.54, 1.807) is 0 Å². The molecule has 2 heteroatoms. The van der Waals surface area contributed by atoms with Gasteiger partial charge in [-0.3, -0.25) is 0 Å². The fourth-order valence-electron chi connectivity index (χ4n) is 3.71. The van der Waals surface area contributed by atoms with E-state index in [-0.39, 0.29) is 5.41 Å². The largest absolute Gasteiger partial charge is 0.390 e. The van der Waals surface area contributed by atoms with E-state index >= 15 is 0 Å². The summed E-state index contributed by atoms with van der Waals surface area (Å²) in [5.74, 6) is 0. The second-order valence-electron chi connectivity index (χ2n) is 7.09. The molecule has 1 saturated carbocycles. The van der Waals surface area contributed by atoms with Crippen molar-refractivity contribution in [2.45, 2.75) is 103 Å². The first kappa shape index (κ1) is 17.0. The van der Waals surface area contributed by atoms with Crippen LogP contribution >= 0.6 is 0 Å². The van der Waals surface area contributed by atoms with Crippen molar-refractivity contribution >= 4 is 0 Å². The van der Waals surface area contributed by atoms with Crippen LogP contribution in [0.1, 0.15) is 91.9 Å². The van der Waals surface area contributed by atoms with Crippen LogP contribution in [0.4, 0.5) is 0 Å². The molecule has 0 spiro atoms. The van der Waals surface area contributed by atoms with Crippen molar-refractivity contribution in [2.24, 2.45) is 5.41 Å². The van der Waals surface area contributed by atoms with Crippen LogP contribution in [0.15, 0.2) is 0 Å². The Morgan fingerprint density at radius 1 is 0.842 bits per heavy atom. The maximum atomic E-state index is 11.2. The van der Waals surface area contributed by atoms with Crippen LogP contribution in [0.5, 0.6) is 0 Å². The Morgan fingerprint density at radius 3 is 1.53 bits per heavy atom. The first-order valence-corrected chi connectivity index (χ1v) is 8.28. The van der Waals surface area contributed by atoms with E-state index in [1.807, 2.05) is 13.8 Å². The van der Waals surface area contributed by atoms with Crippen LogP contribution in [-0.2, 0) is 0 Å². The summed E-state index contributed by atoms with van der Waals surface area (Å²) in [5.41, 5.74) is -1.67. The molecule has 0 aromatic carbocycles. The Labute approximate surface area is 119 Å². The fourth-order valence-corrected chi connectivity index (χ4v) is 3.71. The number of unbranched alkanes of at least 4 members (excludes halogenated alkanes) is 4. The number of rotatable bonds is 10. The van der Waals surface area contributed by atoms with E-state index in [9.17, 15) is 10.2 Å². The first-order chi connectivity index (χ1) is 8.83. The van der Waals surface area contributed by atoms with E-state index < -0.39 is 11.2 Å². The Bertz CT molecular complexity index is 251. The minimum Gasteiger partial charge on any atom is -0.390 e. The van der Waals surface area contributed by atoms with Gasteiger partial charge >= 0.3 is 0 Å². The lowest BCUT2D eigenvalue weighted by atomic mass is 9.68. The van der Waals surface area contributed by atoms with Crippen molar-refractivity contribution in [1.29, 1.82) is 0 Å². The van der Waals surface area contributed by atoms with Crippen molar-refractivity contribution < 1.29 is 10.2 Å². The molecule has 0 aromatic heterocycles. The molecule has 0 aliphatic heterocycles. The third kappa shape index (κ3) is 3.72. The molecule has 0 amide bonds. The second-order valence-corrected chi connectivity index (χ2v) is 7.09. The van der Waals surface area contributed by atoms with Crippen molar-refractivity contribution in [3.05, 3.63) is 0 Å². The molecule has 0 bridgehead atoms. The van der Waals surface area contributed by atoms with Crippen molar-refractivity contribution in [3.8, 4) is 0 Å². The van der Waals surface area contributed by atoms with Crippen LogP contribution in [0, 0.1) is 5.41 Å². The molecule has 2 nitrogen and oxygen atoms in total. The Morgan fingerprint density at radius 2 is 1.26 bits per heavy atom. The van der Waals surface area contributed by atoms with Crippen LogP contribution in [0.2, 0.25) is 0 Å². The Kier molecular flexibility index (Phi) is 5.88. The summed E-state index contributed by atoms with van der Waals surface area (Å²) < 4.78 is 0. The molecule has 0 heterocycles. The molecular weight excluding hydrogens is 236 g/mol. The zero-order valence-electron chi connectivity index (χ0n) is 13.5. The molecule has 1 aliphatic rings.